The third-order valence-electron chi connectivity index (χ3n) is 3.08. The molecule has 100 valence electrons. The van der Waals surface area contributed by atoms with Crippen molar-refractivity contribution in [2.75, 3.05) is 11.9 Å². The fourth-order valence-corrected chi connectivity index (χ4v) is 2.14. The molecule has 2 rings (SSSR count). The molecule has 2 unspecified atom stereocenters. The third-order valence-corrected chi connectivity index (χ3v) is 3.08. The topological polar surface area (TPSA) is 63.8 Å². The van der Waals surface area contributed by atoms with Gasteiger partial charge in [0, 0.05) is 18.8 Å². The molecule has 4 nitrogen and oxygen atoms in total. The molecule has 0 spiro atoms. The Balaban J connectivity index is 1.93. The maximum atomic E-state index is 12.4. The molecule has 1 aliphatic rings. The van der Waals surface area contributed by atoms with Crippen molar-refractivity contribution in [3.8, 4) is 0 Å². The van der Waals surface area contributed by atoms with E-state index in [1.165, 1.54) is 0 Å². The monoisotopic (exact) mass is 260 g/mol. The van der Waals surface area contributed by atoms with E-state index in [1.54, 1.807) is 0 Å². The Bertz CT molecular complexity index is 408. The van der Waals surface area contributed by atoms with Crippen LogP contribution >= 0.6 is 0 Å². The molecule has 1 aliphatic carbocycles. The van der Waals surface area contributed by atoms with Crippen molar-refractivity contribution in [2.24, 2.45) is 11.7 Å². The van der Waals surface area contributed by atoms with Gasteiger partial charge in [-0.25, -0.2) is 9.97 Å². The Hall–Kier alpha value is -1.37. The Kier molecular flexibility index (Phi) is 3.70. The number of nitrogens with one attached hydrogen (secondary N) is 1. The molecule has 0 aromatic carbocycles. The second-order valence-corrected chi connectivity index (χ2v) is 4.58. The van der Waals surface area contributed by atoms with E-state index in [1.807, 2.05) is 0 Å². The van der Waals surface area contributed by atoms with Gasteiger partial charge in [0.2, 0.25) is 5.95 Å². The normalized spacial score (nSPS) is 24.2. The largest absolute Gasteiger partial charge is 0.433 e. The number of alkyl halides is 3. The number of anilines is 1. The summed E-state index contributed by atoms with van der Waals surface area (Å²) < 4.78 is 37.3. The Morgan fingerprint density at radius 2 is 2.17 bits per heavy atom. The molecule has 0 bridgehead atoms. The maximum absolute atomic E-state index is 12.4. The number of rotatable bonds is 3. The minimum atomic E-state index is -4.44. The molecular formula is C11H15F3N4. The maximum Gasteiger partial charge on any atom is 0.433 e. The molecule has 0 saturated heterocycles. The van der Waals surface area contributed by atoms with Gasteiger partial charge in [0.1, 0.15) is 5.69 Å². The minimum Gasteiger partial charge on any atom is -0.354 e. The molecular weight excluding hydrogens is 245 g/mol. The molecule has 1 aromatic heterocycles. The summed E-state index contributed by atoms with van der Waals surface area (Å²) in [5, 5.41) is 2.84. The standard InChI is InChI=1S/C11H15F3N4/c12-11(13,14)9-3-4-16-10(18-9)17-6-7-1-2-8(15)5-7/h3-4,7-8H,1-2,5-6,15H2,(H,16,17,18). The van der Waals surface area contributed by atoms with E-state index in [-0.39, 0.29) is 12.0 Å². The van der Waals surface area contributed by atoms with Crippen LogP contribution in [-0.2, 0) is 6.18 Å². The summed E-state index contributed by atoms with van der Waals surface area (Å²) in [6.45, 7) is 0.564. The predicted molar refractivity (Wildman–Crippen MR) is 60.8 cm³/mol. The molecule has 1 heterocycles. The summed E-state index contributed by atoms with van der Waals surface area (Å²) in [5.41, 5.74) is 4.84. The van der Waals surface area contributed by atoms with Crippen molar-refractivity contribution in [2.45, 2.75) is 31.5 Å². The molecule has 1 aromatic rings. The predicted octanol–water partition coefficient (Wildman–Crippen LogP) is 2.03. The first-order valence-electron chi connectivity index (χ1n) is 5.85. The second-order valence-electron chi connectivity index (χ2n) is 4.58. The van der Waals surface area contributed by atoms with Gasteiger partial charge in [-0.2, -0.15) is 13.2 Å². The molecule has 0 aliphatic heterocycles. The Morgan fingerprint density at radius 3 is 2.78 bits per heavy atom. The van der Waals surface area contributed by atoms with Crippen molar-refractivity contribution in [1.82, 2.24) is 9.97 Å². The van der Waals surface area contributed by atoms with Crippen LogP contribution in [0.1, 0.15) is 25.0 Å². The first-order valence-corrected chi connectivity index (χ1v) is 5.85. The van der Waals surface area contributed by atoms with Gasteiger partial charge in [0.15, 0.2) is 0 Å². The minimum absolute atomic E-state index is 0.0188. The van der Waals surface area contributed by atoms with Crippen LogP contribution in [-0.4, -0.2) is 22.6 Å². The lowest BCUT2D eigenvalue weighted by Crippen LogP contribution is -2.19. The Morgan fingerprint density at radius 1 is 1.39 bits per heavy atom. The lowest BCUT2D eigenvalue weighted by atomic mass is 10.1. The summed E-state index contributed by atoms with van der Waals surface area (Å²) in [6.07, 6.45) is -0.470. The van der Waals surface area contributed by atoms with Gasteiger partial charge >= 0.3 is 6.18 Å². The van der Waals surface area contributed by atoms with Crippen molar-refractivity contribution >= 4 is 5.95 Å². The van der Waals surface area contributed by atoms with E-state index < -0.39 is 11.9 Å². The average Bonchev–Trinajstić information content (AvgIpc) is 2.72. The highest BCUT2D eigenvalue weighted by molar-refractivity contribution is 5.26. The van der Waals surface area contributed by atoms with E-state index in [2.05, 4.69) is 15.3 Å². The van der Waals surface area contributed by atoms with Crippen LogP contribution in [0.5, 0.6) is 0 Å². The van der Waals surface area contributed by atoms with Crippen molar-refractivity contribution < 1.29 is 13.2 Å². The van der Waals surface area contributed by atoms with Gasteiger partial charge in [-0.05, 0) is 31.2 Å². The number of nitrogens with zero attached hydrogens (tertiary/aromatic N) is 2. The molecule has 7 heteroatoms. The summed E-state index contributed by atoms with van der Waals surface area (Å²) in [4.78, 5) is 7.22. The zero-order chi connectivity index (χ0) is 13.2. The summed E-state index contributed by atoms with van der Waals surface area (Å²) in [5.74, 6) is 0.406. The van der Waals surface area contributed by atoms with E-state index in [0.717, 1.165) is 31.5 Å². The van der Waals surface area contributed by atoms with Crippen LogP contribution in [0.4, 0.5) is 19.1 Å². The van der Waals surface area contributed by atoms with Gasteiger partial charge in [-0.1, -0.05) is 0 Å². The fourth-order valence-electron chi connectivity index (χ4n) is 2.14. The molecule has 3 N–H and O–H groups in total. The average molecular weight is 260 g/mol. The molecule has 1 saturated carbocycles. The highest BCUT2D eigenvalue weighted by Gasteiger charge is 2.32. The highest BCUT2D eigenvalue weighted by Crippen LogP contribution is 2.28. The lowest BCUT2D eigenvalue weighted by molar-refractivity contribution is -0.141. The number of hydrogen-bond donors (Lipinski definition) is 2. The second kappa shape index (κ2) is 5.09. The van der Waals surface area contributed by atoms with E-state index in [9.17, 15) is 13.2 Å². The fraction of sp³-hybridized carbons (Fsp3) is 0.636. The third kappa shape index (κ3) is 3.32. The highest BCUT2D eigenvalue weighted by atomic mass is 19.4. The Labute approximate surface area is 103 Å². The van der Waals surface area contributed by atoms with Crippen LogP contribution < -0.4 is 11.1 Å². The van der Waals surface area contributed by atoms with Gasteiger partial charge < -0.3 is 11.1 Å². The van der Waals surface area contributed by atoms with Crippen molar-refractivity contribution in [3.05, 3.63) is 18.0 Å². The van der Waals surface area contributed by atoms with Crippen LogP contribution in [0.15, 0.2) is 12.3 Å². The van der Waals surface area contributed by atoms with E-state index in [4.69, 9.17) is 5.73 Å². The van der Waals surface area contributed by atoms with Crippen LogP contribution in [0.25, 0.3) is 0 Å². The molecule has 0 radical (unpaired) electrons. The number of nitrogens with two attached hydrogens (primary N) is 1. The number of halogens is 3. The molecule has 18 heavy (non-hydrogen) atoms. The molecule has 1 fully saturated rings. The first-order chi connectivity index (χ1) is 8.45. The van der Waals surface area contributed by atoms with Gasteiger partial charge in [-0.3, -0.25) is 0 Å². The summed E-state index contributed by atoms with van der Waals surface area (Å²) in [7, 11) is 0. The van der Waals surface area contributed by atoms with Crippen molar-refractivity contribution in [3.63, 3.8) is 0 Å². The van der Waals surface area contributed by atoms with E-state index in [0.29, 0.717) is 12.5 Å². The van der Waals surface area contributed by atoms with Gasteiger partial charge in [0.25, 0.3) is 0 Å². The lowest BCUT2D eigenvalue weighted by Gasteiger charge is -2.12. The molecule has 0 amide bonds. The number of hydrogen-bond acceptors (Lipinski definition) is 4. The summed E-state index contributed by atoms with van der Waals surface area (Å²) in [6, 6.07) is 1.07. The quantitative estimate of drug-likeness (QED) is 0.873. The van der Waals surface area contributed by atoms with Gasteiger partial charge in [-0.15, -0.1) is 0 Å². The van der Waals surface area contributed by atoms with Gasteiger partial charge in [0.05, 0.1) is 0 Å². The van der Waals surface area contributed by atoms with Crippen LogP contribution in [0.2, 0.25) is 0 Å². The van der Waals surface area contributed by atoms with E-state index >= 15 is 0 Å². The molecule has 2 atom stereocenters. The summed E-state index contributed by atoms with van der Waals surface area (Å²) >= 11 is 0. The first kappa shape index (κ1) is 13.1. The van der Waals surface area contributed by atoms with Crippen LogP contribution in [0, 0.1) is 5.92 Å². The zero-order valence-electron chi connectivity index (χ0n) is 9.74. The smallest absolute Gasteiger partial charge is 0.354 e. The SMILES string of the molecule is NC1CCC(CNc2nccc(C(F)(F)F)n2)C1. The van der Waals surface area contributed by atoms with Crippen molar-refractivity contribution in [1.29, 1.82) is 0 Å². The van der Waals surface area contributed by atoms with Crippen LogP contribution in [0.3, 0.4) is 0 Å². The zero-order valence-corrected chi connectivity index (χ0v) is 9.74. The number of aromatic nitrogens is 2.